The van der Waals surface area contributed by atoms with Crippen molar-refractivity contribution in [2.75, 3.05) is 18.6 Å². The number of amides is 2. The Morgan fingerprint density at radius 1 is 1.09 bits per heavy atom. The number of allylic oxidation sites excluding steroid dienone is 1. The molecule has 0 saturated heterocycles. The van der Waals surface area contributed by atoms with Gasteiger partial charge in [0.2, 0.25) is 0 Å². The second-order valence-corrected chi connectivity index (χ2v) is 8.62. The summed E-state index contributed by atoms with van der Waals surface area (Å²) in [6, 6.07) is 14.2. The zero-order valence-electron chi connectivity index (χ0n) is 18.8. The van der Waals surface area contributed by atoms with Gasteiger partial charge in [-0.05, 0) is 68.8 Å². The summed E-state index contributed by atoms with van der Waals surface area (Å²) in [7, 11) is 1.29. The van der Waals surface area contributed by atoms with E-state index in [4.69, 9.17) is 9.47 Å². The molecule has 7 nitrogen and oxygen atoms in total. The van der Waals surface area contributed by atoms with E-state index in [9.17, 15) is 14.4 Å². The molecule has 8 heteroatoms. The van der Waals surface area contributed by atoms with E-state index < -0.39 is 5.97 Å². The summed E-state index contributed by atoms with van der Waals surface area (Å²) in [4.78, 5) is 39.1. The lowest BCUT2D eigenvalue weighted by Gasteiger charge is -2.18. The summed E-state index contributed by atoms with van der Waals surface area (Å²) < 4.78 is 11.3. The molecule has 1 heterocycles. The normalized spacial score (nSPS) is 14.8. The maximum Gasteiger partial charge on any atom is 0.340 e. The van der Waals surface area contributed by atoms with Crippen LogP contribution >= 0.6 is 15.9 Å². The first-order valence-electron chi connectivity index (χ1n) is 10.3. The van der Waals surface area contributed by atoms with Crippen molar-refractivity contribution in [3.63, 3.8) is 0 Å². The van der Waals surface area contributed by atoms with Crippen LogP contribution < -0.4 is 15.0 Å². The molecular weight excluding hydrogens is 488 g/mol. The number of rotatable bonds is 7. The molecule has 2 amide bonds. The van der Waals surface area contributed by atoms with Gasteiger partial charge in [0.25, 0.3) is 11.8 Å². The Bertz CT molecular complexity index is 1120. The summed E-state index contributed by atoms with van der Waals surface area (Å²) >= 11 is 3.39. The fourth-order valence-electron chi connectivity index (χ4n) is 3.42. The van der Waals surface area contributed by atoms with Crippen LogP contribution in [0, 0.1) is 0 Å². The van der Waals surface area contributed by atoms with Crippen LogP contribution in [0.3, 0.4) is 0 Å². The molecule has 33 heavy (non-hydrogen) atoms. The Hall–Kier alpha value is -3.39. The van der Waals surface area contributed by atoms with E-state index in [1.165, 1.54) is 12.0 Å². The number of methoxy groups -OCH3 is 1. The summed E-state index contributed by atoms with van der Waals surface area (Å²) in [6.45, 7) is 5.38. The molecule has 0 bridgehead atoms. The molecule has 0 fully saturated rings. The second kappa shape index (κ2) is 10.5. The number of halogens is 1. The summed E-state index contributed by atoms with van der Waals surface area (Å²) in [6.07, 6.45) is 1.65. The molecule has 0 unspecified atom stereocenters. The van der Waals surface area contributed by atoms with Crippen molar-refractivity contribution >= 4 is 45.5 Å². The molecule has 1 aliphatic heterocycles. The Labute approximate surface area is 201 Å². The van der Waals surface area contributed by atoms with Crippen LogP contribution in [0.5, 0.6) is 5.75 Å². The summed E-state index contributed by atoms with van der Waals surface area (Å²) in [5.41, 5.74) is 2.30. The summed E-state index contributed by atoms with van der Waals surface area (Å²) in [5, 5.41) is 2.76. The van der Waals surface area contributed by atoms with E-state index in [-0.39, 0.29) is 35.6 Å². The molecule has 0 radical (unpaired) electrons. The Morgan fingerprint density at radius 2 is 1.73 bits per heavy atom. The Balaban J connectivity index is 1.86. The molecule has 0 atom stereocenters. The van der Waals surface area contributed by atoms with E-state index >= 15 is 0 Å². The van der Waals surface area contributed by atoms with Crippen molar-refractivity contribution in [3.8, 4) is 5.75 Å². The van der Waals surface area contributed by atoms with Gasteiger partial charge >= 0.3 is 5.97 Å². The molecule has 0 saturated carbocycles. The van der Waals surface area contributed by atoms with E-state index in [1.807, 2.05) is 26.0 Å². The lowest BCUT2D eigenvalue weighted by molar-refractivity contribution is -0.136. The number of nitrogens with one attached hydrogen (secondary N) is 1. The van der Waals surface area contributed by atoms with Crippen LogP contribution in [0.2, 0.25) is 0 Å². The van der Waals surface area contributed by atoms with E-state index in [1.54, 1.807) is 49.4 Å². The Kier molecular flexibility index (Phi) is 7.71. The van der Waals surface area contributed by atoms with Crippen LogP contribution in [0.4, 0.5) is 5.69 Å². The number of carbonyl (C=O) groups is 3. The highest BCUT2D eigenvalue weighted by atomic mass is 79.9. The fraction of sp³-hybridized carbons (Fsp3) is 0.240. The third-order valence-electron chi connectivity index (χ3n) is 4.89. The molecule has 172 valence electrons. The van der Waals surface area contributed by atoms with Crippen molar-refractivity contribution in [2.45, 2.75) is 26.8 Å². The highest BCUT2D eigenvalue weighted by molar-refractivity contribution is 9.10. The minimum absolute atomic E-state index is 0.0385. The van der Waals surface area contributed by atoms with Gasteiger partial charge in [-0.15, -0.1) is 0 Å². The Morgan fingerprint density at radius 3 is 2.30 bits per heavy atom. The molecule has 3 rings (SSSR count). The molecule has 2 aromatic carbocycles. The minimum Gasteiger partial charge on any atom is -0.484 e. The lowest BCUT2D eigenvalue weighted by atomic mass is 10.0. The van der Waals surface area contributed by atoms with Crippen LogP contribution in [0.1, 0.15) is 26.3 Å². The van der Waals surface area contributed by atoms with Gasteiger partial charge in [0, 0.05) is 21.9 Å². The SMILES string of the molecule is COC(=O)C1=C(C)N(c2ccc(Br)cc2)C(=O)/C1=C\c1ccc(OCC(=O)NC(C)C)cc1. The topological polar surface area (TPSA) is 84.9 Å². The largest absolute Gasteiger partial charge is 0.484 e. The number of esters is 1. The second-order valence-electron chi connectivity index (χ2n) is 7.71. The predicted octanol–water partition coefficient (Wildman–Crippen LogP) is 4.23. The van der Waals surface area contributed by atoms with Gasteiger partial charge in [-0.2, -0.15) is 0 Å². The lowest BCUT2D eigenvalue weighted by Crippen LogP contribution is -2.34. The third kappa shape index (κ3) is 5.70. The third-order valence-corrected chi connectivity index (χ3v) is 5.41. The number of carbonyl (C=O) groups excluding carboxylic acids is 3. The highest BCUT2D eigenvalue weighted by Crippen LogP contribution is 2.36. The van der Waals surface area contributed by atoms with Crippen molar-refractivity contribution < 1.29 is 23.9 Å². The molecule has 0 aromatic heterocycles. The van der Waals surface area contributed by atoms with Crippen molar-refractivity contribution in [1.82, 2.24) is 5.32 Å². The fourth-order valence-corrected chi connectivity index (χ4v) is 3.68. The average Bonchev–Trinajstić information content (AvgIpc) is 3.02. The maximum atomic E-state index is 13.3. The number of nitrogens with zero attached hydrogens (tertiary/aromatic N) is 1. The molecule has 1 aliphatic rings. The number of hydrogen-bond donors (Lipinski definition) is 1. The standard InChI is InChI=1S/C25H25BrN2O5/c1-15(2)27-22(29)14-33-20-11-5-17(6-12-20)13-21-23(25(31)32-4)16(3)28(24(21)30)19-9-7-18(26)8-10-19/h5-13,15H,14H2,1-4H3,(H,27,29)/b21-13-. The monoisotopic (exact) mass is 512 g/mol. The first-order valence-corrected chi connectivity index (χ1v) is 11.1. The zero-order chi connectivity index (χ0) is 24.1. The van der Waals surface area contributed by atoms with Crippen LogP contribution in [0.25, 0.3) is 6.08 Å². The van der Waals surface area contributed by atoms with E-state index in [0.29, 0.717) is 22.7 Å². The maximum absolute atomic E-state index is 13.3. The van der Waals surface area contributed by atoms with E-state index in [0.717, 1.165) is 4.47 Å². The quantitative estimate of drug-likeness (QED) is 0.443. The highest BCUT2D eigenvalue weighted by Gasteiger charge is 2.37. The van der Waals surface area contributed by atoms with Gasteiger partial charge in [-0.1, -0.05) is 28.1 Å². The van der Waals surface area contributed by atoms with Gasteiger partial charge in [0.05, 0.1) is 18.3 Å². The van der Waals surface area contributed by atoms with Crippen molar-refractivity contribution in [2.24, 2.45) is 0 Å². The van der Waals surface area contributed by atoms with Crippen LogP contribution in [0.15, 0.2) is 69.8 Å². The molecule has 1 N–H and O–H groups in total. The average molecular weight is 513 g/mol. The summed E-state index contributed by atoms with van der Waals surface area (Å²) in [5.74, 6) is -0.585. The molecule has 0 spiro atoms. The van der Waals surface area contributed by atoms with Gasteiger partial charge in [-0.25, -0.2) is 4.79 Å². The number of hydrogen-bond acceptors (Lipinski definition) is 5. The van der Waals surface area contributed by atoms with Gasteiger partial charge in [-0.3, -0.25) is 14.5 Å². The minimum atomic E-state index is -0.581. The smallest absolute Gasteiger partial charge is 0.340 e. The van der Waals surface area contributed by atoms with Crippen molar-refractivity contribution in [3.05, 3.63) is 75.4 Å². The van der Waals surface area contributed by atoms with Gasteiger partial charge in [0.1, 0.15) is 5.75 Å². The molecule has 0 aliphatic carbocycles. The van der Waals surface area contributed by atoms with Crippen LogP contribution in [-0.2, 0) is 19.1 Å². The number of anilines is 1. The molecular formula is C25H25BrN2O5. The van der Waals surface area contributed by atoms with Crippen LogP contribution in [-0.4, -0.2) is 37.5 Å². The predicted molar refractivity (Wildman–Crippen MR) is 130 cm³/mol. The number of benzene rings is 2. The first-order chi connectivity index (χ1) is 15.7. The zero-order valence-corrected chi connectivity index (χ0v) is 20.4. The molecule has 2 aromatic rings. The van der Waals surface area contributed by atoms with Crippen molar-refractivity contribution in [1.29, 1.82) is 0 Å². The van der Waals surface area contributed by atoms with Gasteiger partial charge < -0.3 is 14.8 Å². The van der Waals surface area contributed by atoms with E-state index in [2.05, 4.69) is 21.2 Å². The number of ether oxygens (including phenoxy) is 2. The first kappa shape index (κ1) is 24.3. The van der Waals surface area contributed by atoms with Gasteiger partial charge in [0.15, 0.2) is 6.61 Å².